The first-order valence-corrected chi connectivity index (χ1v) is 7.34. The van der Waals surface area contributed by atoms with Crippen molar-refractivity contribution >= 4 is 0 Å². The van der Waals surface area contributed by atoms with Gasteiger partial charge in [-0.05, 0) is 19.3 Å². The Kier molecular flexibility index (Phi) is 6.85. The molecular weight excluding hydrogens is 236 g/mol. The van der Waals surface area contributed by atoms with Gasteiger partial charge in [-0.3, -0.25) is 4.98 Å². The van der Waals surface area contributed by atoms with Gasteiger partial charge in [-0.2, -0.15) is 0 Å². The van der Waals surface area contributed by atoms with Crippen molar-refractivity contribution in [2.45, 2.75) is 60.0 Å². The Morgan fingerprint density at radius 3 is 2.68 bits per heavy atom. The van der Waals surface area contributed by atoms with Crippen LogP contribution in [-0.4, -0.2) is 17.6 Å². The number of pyridine rings is 1. The molecule has 0 spiro atoms. The highest BCUT2D eigenvalue weighted by Gasteiger charge is 2.08. The van der Waals surface area contributed by atoms with Gasteiger partial charge in [-0.1, -0.05) is 34.1 Å². The van der Waals surface area contributed by atoms with Gasteiger partial charge in [0.15, 0.2) is 0 Å². The van der Waals surface area contributed by atoms with Crippen molar-refractivity contribution in [2.24, 2.45) is 5.92 Å². The number of nitrogens with one attached hydrogen (secondary N) is 1. The Balaban J connectivity index is 2.65. The molecule has 1 aromatic heterocycles. The van der Waals surface area contributed by atoms with Crippen LogP contribution in [-0.2, 0) is 6.54 Å². The molecule has 0 aliphatic carbocycles. The molecule has 1 atom stereocenters. The number of rotatable bonds is 8. The van der Waals surface area contributed by atoms with E-state index >= 15 is 0 Å². The zero-order valence-corrected chi connectivity index (χ0v) is 13.0. The standard InChI is InChI=1S/C16H28N2O/c1-6-7-13(4)11-19-16-8-14(5)18-10-15(16)9-17-12(2)3/h8,10,12-13,17H,6-7,9,11H2,1-5H3. The third-order valence-corrected chi connectivity index (χ3v) is 3.09. The first kappa shape index (κ1) is 16.0. The molecule has 0 amide bonds. The van der Waals surface area contributed by atoms with E-state index in [0.29, 0.717) is 12.0 Å². The third-order valence-electron chi connectivity index (χ3n) is 3.09. The van der Waals surface area contributed by atoms with E-state index in [1.54, 1.807) is 0 Å². The minimum Gasteiger partial charge on any atom is -0.493 e. The van der Waals surface area contributed by atoms with Crippen molar-refractivity contribution < 1.29 is 4.74 Å². The monoisotopic (exact) mass is 264 g/mol. The summed E-state index contributed by atoms with van der Waals surface area (Å²) in [6.45, 7) is 12.3. The van der Waals surface area contributed by atoms with Crippen LogP contribution in [0.3, 0.4) is 0 Å². The summed E-state index contributed by atoms with van der Waals surface area (Å²) >= 11 is 0. The van der Waals surface area contributed by atoms with Crippen molar-refractivity contribution in [2.75, 3.05) is 6.61 Å². The van der Waals surface area contributed by atoms with Crippen LogP contribution in [0.5, 0.6) is 5.75 Å². The molecule has 1 N–H and O–H groups in total. The Morgan fingerprint density at radius 1 is 1.32 bits per heavy atom. The third kappa shape index (κ3) is 6.06. The van der Waals surface area contributed by atoms with Crippen LogP contribution in [0.15, 0.2) is 12.3 Å². The van der Waals surface area contributed by atoms with Crippen LogP contribution in [0.2, 0.25) is 0 Å². The molecular formula is C16H28N2O. The average Bonchev–Trinajstić information content (AvgIpc) is 2.35. The average molecular weight is 264 g/mol. The quantitative estimate of drug-likeness (QED) is 0.777. The Hall–Kier alpha value is -1.09. The minimum atomic E-state index is 0.466. The van der Waals surface area contributed by atoms with E-state index in [0.717, 1.165) is 30.2 Å². The highest BCUT2D eigenvalue weighted by molar-refractivity contribution is 5.32. The molecule has 0 aliphatic rings. The van der Waals surface area contributed by atoms with E-state index in [9.17, 15) is 0 Å². The molecule has 1 rings (SSSR count). The molecule has 1 aromatic rings. The van der Waals surface area contributed by atoms with Gasteiger partial charge in [-0.15, -0.1) is 0 Å². The van der Waals surface area contributed by atoms with E-state index in [1.807, 2.05) is 19.2 Å². The second-order valence-corrected chi connectivity index (χ2v) is 5.67. The summed E-state index contributed by atoms with van der Waals surface area (Å²) in [6, 6.07) is 2.50. The molecule has 0 fully saturated rings. The number of ether oxygens (including phenoxy) is 1. The molecule has 1 unspecified atom stereocenters. The zero-order chi connectivity index (χ0) is 14.3. The lowest BCUT2D eigenvalue weighted by Gasteiger charge is -2.16. The smallest absolute Gasteiger partial charge is 0.127 e. The summed E-state index contributed by atoms with van der Waals surface area (Å²) in [6.07, 6.45) is 4.34. The summed E-state index contributed by atoms with van der Waals surface area (Å²) in [5.74, 6) is 1.58. The normalized spacial score (nSPS) is 12.7. The molecule has 0 saturated heterocycles. The van der Waals surface area contributed by atoms with Crippen molar-refractivity contribution in [1.29, 1.82) is 0 Å². The van der Waals surface area contributed by atoms with E-state index in [1.165, 1.54) is 12.8 Å². The lowest BCUT2D eigenvalue weighted by Crippen LogP contribution is -2.22. The molecule has 108 valence electrons. The molecule has 0 saturated carbocycles. The number of nitrogens with zero attached hydrogens (tertiary/aromatic N) is 1. The molecule has 19 heavy (non-hydrogen) atoms. The van der Waals surface area contributed by atoms with Gasteiger partial charge in [0.1, 0.15) is 5.75 Å². The van der Waals surface area contributed by atoms with Gasteiger partial charge in [0.2, 0.25) is 0 Å². The van der Waals surface area contributed by atoms with Gasteiger partial charge in [-0.25, -0.2) is 0 Å². The van der Waals surface area contributed by atoms with Gasteiger partial charge in [0.05, 0.1) is 6.61 Å². The predicted molar refractivity (Wildman–Crippen MR) is 80.5 cm³/mol. The van der Waals surface area contributed by atoms with Crippen molar-refractivity contribution in [3.63, 3.8) is 0 Å². The zero-order valence-electron chi connectivity index (χ0n) is 13.0. The van der Waals surface area contributed by atoms with Crippen LogP contribution >= 0.6 is 0 Å². The largest absolute Gasteiger partial charge is 0.493 e. The predicted octanol–water partition coefficient (Wildman–Crippen LogP) is 3.70. The second-order valence-electron chi connectivity index (χ2n) is 5.67. The first-order valence-electron chi connectivity index (χ1n) is 7.34. The van der Waals surface area contributed by atoms with Crippen molar-refractivity contribution in [3.8, 4) is 5.75 Å². The molecule has 0 aromatic carbocycles. The number of aryl methyl sites for hydroxylation is 1. The summed E-state index contributed by atoms with van der Waals surface area (Å²) in [5.41, 5.74) is 2.15. The van der Waals surface area contributed by atoms with E-state index < -0.39 is 0 Å². The van der Waals surface area contributed by atoms with E-state index in [4.69, 9.17) is 4.74 Å². The van der Waals surface area contributed by atoms with Gasteiger partial charge in [0.25, 0.3) is 0 Å². The van der Waals surface area contributed by atoms with Crippen LogP contribution < -0.4 is 10.1 Å². The highest BCUT2D eigenvalue weighted by atomic mass is 16.5. The van der Waals surface area contributed by atoms with Gasteiger partial charge in [0, 0.05) is 36.1 Å². The molecule has 3 heteroatoms. The van der Waals surface area contributed by atoms with Crippen LogP contribution in [0.1, 0.15) is 51.8 Å². The Bertz CT molecular complexity index is 377. The summed E-state index contributed by atoms with van der Waals surface area (Å²) in [4.78, 5) is 4.36. The molecule has 3 nitrogen and oxygen atoms in total. The molecule has 1 heterocycles. The number of hydrogen-bond acceptors (Lipinski definition) is 3. The maximum Gasteiger partial charge on any atom is 0.127 e. The number of hydrogen-bond donors (Lipinski definition) is 1. The van der Waals surface area contributed by atoms with Crippen LogP contribution in [0.25, 0.3) is 0 Å². The van der Waals surface area contributed by atoms with Gasteiger partial charge < -0.3 is 10.1 Å². The lowest BCUT2D eigenvalue weighted by atomic mass is 10.1. The number of aromatic nitrogens is 1. The van der Waals surface area contributed by atoms with Crippen LogP contribution in [0.4, 0.5) is 0 Å². The van der Waals surface area contributed by atoms with E-state index in [-0.39, 0.29) is 0 Å². The summed E-state index contributed by atoms with van der Waals surface area (Å²) < 4.78 is 5.98. The highest BCUT2D eigenvalue weighted by Crippen LogP contribution is 2.20. The lowest BCUT2D eigenvalue weighted by molar-refractivity contribution is 0.248. The second kappa shape index (κ2) is 8.16. The van der Waals surface area contributed by atoms with Crippen molar-refractivity contribution in [1.82, 2.24) is 10.3 Å². The minimum absolute atomic E-state index is 0.466. The van der Waals surface area contributed by atoms with Gasteiger partial charge >= 0.3 is 0 Å². The maximum atomic E-state index is 5.98. The van der Waals surface area contributed by atoms with Crippen LogP contribution in [0, 0.1) is 12.8 Å². The molecule has 0 radical (unpaired) electrons. The Labute approximate surface area is 117 Å². The maximum absolute atomic E-state index is 5.98. The summed E-state index contributed by atoms with van der Waals surface area (Å²) in [7, 11) is 0. The fourth-order valence-corrected chi connectivity index (χ4v) is 1.95. The van der Waals surface area contributed by atoms with E-state index in [2.05, 4.69) is 38.0 Å². The fourth-order valence-electron chi connectivity index (χ4n) is 1.95. The first-order chi connectivity index (χ1) is 9.02. The molecule has 0 aliphatic heterocycles. The fraction of sp³-hybridized carbons (Fsp3) is 0.688. The topological polar surface area (TPSA) is 34.1 Å². The summed E-state index contributed by atoms with van der Waals surface area (Å²) in [5, 5.41) is 3.41. The van der Waals surface area contributed by atoms with Crippen molar-refractivity contribution in [3.05, 3.63) is 23.5 Å². The molecule has 0 bridgehead atoms. The SMILES string of the molecule is CCCC(C)COc1cc(C)ncc1CNC(C)C. The Morgan fingerprint density at radius 2 is 2.05 bits per heavy atom.